The molecule has 30 heavy (non-hydrogen) atoms. The number of benzene rings is 2. The highest BCUT2D eigenvalue weighted by Crippen LogP contribution is 2.28. The number of pyridine rings is 1. The minimum atomic E-state index is -0.0359. The van der Waals surface area contributed by atoms with Gasteiger partial charge in [-0.05, 0) is 42.5 Å². The van der Waals surface area contributed by atoms with E-state index in [2.05, 4.69) is 15.2 Å². The Morgan fingerprint density at radius 1 is 1.03 bits per heavy atom. The zero-order valence-electron chi connectivity index (χ0n) is 16.7. The lowest BCUT2D eigenvalue weighted by atomic mass is 10.1. The van der Waals surface area contributed by atoms with Crippen LogP contribution in [-0.4, -0.2) is 49.1 Å². The van der Waals surface area contributed by atoms with E-state index in [-0.39, 0.29) is 5.91 Å². The van der Waals surface area contributed by atoms with Gasteiger partial charge >= 0.3 is 0 Å². The maximum absolute atomic E-state index is 13.2. The molecule has 1 aromatic heterocycles. The van der Waals surface area contributed by atoms with E-state index in [0.717, 1.165) is 24.5 Å². The van der Waals surface area contributed by atoms with Crippen molar-refractivity contribution in [3.05, 3.63) is 77.4 Å². The zero-order valence-corrected chi connectivity index (χ0v) is 17.5. The molecule has 0 bridgehead atoms. The molecule has 1 fully saturated rings. The molecule has 0 atom stereocenters. The first-order chi connectivity index (χ1) is 14.7. The number of hydrogen-bond acceptors (Lipinski definition) is 5. The molecule has 2 heterocycles. The van der Waals surface area contributed by atoms with Gasteiger partial charge in [-0.1, -0.05) is 29.8 Å². The Morgan fingerprint density at radius 2 is 1.83 bits per heavy atom. The molecule has 4 rings (SSSR count). The van der Waals surface area contributed by atoms with Crippen LogP contribution in [-0.2, 0) is 0 Å². The highest BCUT2D eigenvalue weighted by Gasteiger charge is 2.24. The Bertz CT molecular complexity index is 1030. The Morgan fingerprint density at radius 3 is 2.60 bits per heavy atom. The quantitative estimate of drug-likeness (QED) is 0.658. The first kappa shape index (κ1) is 20.0. The van der Waals surface area contributed by atoms with E-state index >= 15 is 0 Å². The second-order valence-corrected chi connectivity index (χ2v) is 7.42. The van der Waals surface area contributed by atoms with E-state index in [1.165, 1.54) is 0 Å². The topological polar surface area (TPSA) is 57.7 Å². The summed E-state index contributed by atoms with van der Waals surface area (Å²) in [4.78, 5) is 21.7. The highest BCUT2D eigenvalue weighted by molar-refractivity contribution is 6.30. The molecule has 0 radical (unpaired) electrons. The van der Waals surface area contributed by atoms with Crippen molar-refractivity contribution < 1.29 is 9.53 Å². The van der Waals surface area contributed by atoms with Crippen LogP contribution in [0, 0.1) is 0 Å². The van der Waals surface area contributed by atoms with E-state index in [9.17, 15) is 4.79 Å². The van der Waals surface area contributed by atoms with Crippen LogP contribution in [0.3, 0.4) is 0 Å². The number of methoxy groups -OCH3 is 1. The van der Waals surface area contributed by atoms with Crippen LogP contribution in [0.2, 0.25) is 5.02 Å². The fraction of sp³-hybridized carbons (Fsp3) is 0.217. The van der Waals surface area contributed by atoms with Crippen molar-refractivity contribution in [3.63, 3.8) is 0 Å². The minimum absolute atomic E-state index is 0.0359. The summed E-state index contributed by atoms with van der Waals surface area (Å²) in [5, 5.41) is 3.96. The number of ether oxygens (including phenoxy) is 1. The third-order valence-electron chi connectivity index (χ3n) is 5.14. The monoisotopic (exact) mass is 422 g/mol. The van der Waals surface area contributed by atoms with Crippen molar-refractivity contribution >= 4 is 34.7 Å². The molecule has 1 N–H and O–H groups in total. The number of aromatic nitrogens is 1. The summed E-state index contributed by atoms with van der Waals surface area (Å²) in [5.41, 5.74) is 2.38. The lowest BCUT2D eigenvalue weighted by Gasteiger charge is -2.36. The van der Waals surface area contributed by atoms with Gasteiger partial charge in [0.15, 0.2) is 0 Å². The Balaban J connectivity index is 1.48. The minimum Gasteiger partial charge on any atom is -0.495 e. The van der Waals surface area contributed by atoms with Gasteiger partial charge in [-0.3, -0.25) is 4.79 Å². The number of amides is 1. The molecule has 0 unspecified atom stereocenters. The fourth-order valence-corrected chi connectivity index (χ4v) is 3.75. The lowest BCUT2D eigenvalue weighted by Crippen LogP contribution is -2.48. The number of rotatable bonds is 5. The Labute approximate surface area is 181 Å². The number of carbonyl (C=O) groups is 1. The summed E-state index contributed by atoms with van der Waals surface area (Å²) in [5.74, 6) is 1.17. The Kier molecular flexibility index (Phi) is 6.05. The number of nitrogens with zero attached hydrogens (tertiary/aromatic N) is 3. The number of halogens is 1. The molecule has 7 heteroatoms. The molecule has 1 amide bonds. The van der Waals surface area contributed by atoms with Gasteiger partial charge in [-0.2, -0.15) is 0 Å². The first-order valence-corrected chi connectivity index (χ1v) is 10.2. The normalized spacial score (nSPS) is 13.8. The van der Waals surface area contributed by atoms with E-state index in [4.69, 9.17) is 16.3 Å². The van der Waals surface area contributed by atoms with Crippen LogP contribution in [0.15, 0.2) is 66.9 Å². The van der Waals surface area contributed by atoms with E-state index in [1.54, 1.807) is 25.4 Å². The predicted molar refractivity (Wildman–Crippen MR) is 120 cm³/mol. The lowest BCUT2D eigenvalue weighted by molar-refractivity contribution is 0.0747. The zero-order chi connectivity index (χ0) is 20.9. The molecule has 1 aliphatic rings. The first-order valence-electron chi connectivity index (χ1n) is 9.80. The van der Waals surface area contributed by atoms with Crippen LogP contribution in [0.4, 0.5) is 17.2 Å². The molecule has 6 nitrogen and oxygen atoms in total. The summed E-state index contributed by atoms with van der Waals surface area (Å²) in [6.07, 6.45) is 1.67. The molecular formula is C23H23ClN4O2. The smallest absolute Gasteiger partial charge is 0.257 e. The van der Waals surface area contributed by atoms with Gasteiger partial charge in [0.1, 0.15) is 11.6 Å². The van der Waals surface area contributed by atoms with Crippen molar-refractivity contribution in [2.75, 3.05) is 43.5 Å². The van der Waals surface area contributed by atoms with E-state index in [0.29, 0.717) is 35.2 Å². The largest absolute Gasteiger partial charge is 0.495 e. The maximum atomic E-state index is 13.2. The van der Waals surface area contributed by atoms with Crippen molar-refractivity contribution in [1.82, 2.24) is 9.88 Å². The Hall–Kier alpha value is -3.25. The van der Waals surface area contributed by atoms with Crippen molar-refractivity contribution in [1.29, 1.82) is 0 Å². The molecule has 2 aromatic carbocycles. The van der Waals surface area contributed by atoms with Crippen molar-refractivity contribution in [3.8, 4) is 5.75 Å². The fourth-order valence-electron chi connectivity index (χ4n) is 3.56. The SMILES string of the molecule is COc1ccccc1Nc1ncccc1C(=O)N1CCN(c2cccc(Cl)c2)CC1. The molecular weight excluding hydrogens is 400 g/mol. The number of carbonyl (C=O) groups excluding carboxylic acids is 1. The summed E-state index contributed by atoms with van der Waals surface area (Å²) in [7, 11) is 1.62. The average Bonchev–Trinajstić information content (AvgIpc) is 2.79. The maximum Gasteiger partial charge on any atom is 0.257 e. The van der Waals surface area contributed by atoms with Gasteiger partial charge < -0.3 is 19.9 Å². The van der Waals surface area contributed by atoms with E-state index < -0.39 is 0 Å². The summed E-state index contributed by atoms with van der Waals surface area (Å²) >= 11 is 6.11. The average molecular weight is 423 g/mol. The molecule has 0 aliphatic carbocycles. The number of para-hydroxylation sites is 2. The van der Waals surface area contributed by atoms with E-state index in [1.807, 2.05) is 53.4 Å². The summed E-state index contributed by atoms with van der Waals surface area (Å²) < 4.78 is 5.40. The van der Waals surface area contributed by atoms with Gasteiger partial charge in [0.05, 0.1) is 18.4 Å². The summed E-state index contributed by atoms with van der Waals surface area (Å²) in [6, 6.07) is 18.9. The van der Waals surface area contributed by atoms with Crippen molar-refractivity contribution in [2.24, 2.45) is 0 Å². The summed E-state index contributed by atoms with van der Waals surface area (Å²) in [6.45, 7) is 2.77. The molecule has 0 saturated carbocycles. The second kappa shape index (κ2) is 9.05. The molecule has 3 aromatic rings. The van der Waals surface area contributed by atoms with Gasteiger partial charge in [0.2, 0.25) is 0 Å². The predicted octanol–water partition coefficient (Wildman–Crippen LogP) is 4.45. The van der Waals surface area contributed by atoms with Crippen LogP contribution in [0.1, 0.15) is 10.4 Å². The number of nitrogens with one attached hydrogen (secondary N) is 1. The number of anilines is 3. The highest BCUT2D eigenvalue weighted by atomic mass is 35.5. The third-order valence-corrected chi connectivity index (χ3v) is 5.37. The van der Waals surface area contributed by atoms with Gasteiger partial charge in [0.25, 0.3) is 5.91 Å². The van der Waals surface area contributed by atoms with Gasteiger partial charge in [-0.25, -0.2) is 4.98 Å². The molecule has 1 aliphatic heterocycles. The van der Waals surface area contributed by atoms with Crippen molar-refractivity contribution in [2.45, 2.75) is 0 Å². The van der Waals surface area contributed by atoms with Crippen LogP contribution >= 0.6 is 11.6 Å². The van der Waals surface area contributed by atoms with Crippen LogP contribution in [0.5, 0.6) is 5.75 Å². The molecule has 0 spiro atoms. The van der Waals surface area contributed by atoms with Gasteiger partial charge in [0, 0.05) is 43.1 Å². The number of hydrogen-bond donors (Lipinski definition) is 1. The molecule has 1 saturated heterocycles. The molecule has 154 valence electrons. The number of piperazine rings is 1. The van der Waals surface area contributed by atoms with Gasteiger partial charge in [-0.15, -0.1) is 0 Å². The van der Waals surface area contributed by atoms with Crippen LogP contribution in [0.25, 0.3) is 0 Å². The standard InChI is InChI=1S/C23H23ClN4O2/c1-30-21-10-3-2-9-20(21)26-22-19(8-5-11-25-22)23(29)28-14-12-27(13-15-28)18-7-4-6-17(24)16-18/h2-11,16H,12-15H2,1H3,(H,25,26). The third kappa shape index (κ3) is 4.33. The van der Waals surface area contributed by atoms with Crippen LogP contribution < -0.4 is 15.0 Å². The second-order valence-electron chi connectivity index (χ2n) is 6.98.